The van der Waals surface area contributed by atoms with Crippen molar-refractivity contribution in [2.45, 2.75) is 57.9 Å². The van der Waals surface area contributed by atoms with Gasteiger partial charge >= 0.3 is 6.18 Å². The fraction of sp³-hybridized carbons (Fsp3) is 0.682. The second-order valence-corrected chi connectivity index (χ2v) is 9.29. The first-order chi connectivity index (χ1) is 14.0. The molecule has 0 bridgehead atoms. The van der Waals surface area contributed by atoms with E-state index < -0.39 is 17.6 Å². The van der Waals surface area contributed by atoms with Gasteiger partial charge in [0.25, 0.3) is 0 Å². The summed E-state index contributed by atoms with van der Waals surface area (Å²) in [5.41, 5.74) is 4.98. The van der Waals surface area contributed by atoms with Crippen molar-refractivity contribution in [3.63, 3.8) is 0 Å². The van der Waals surface area contributed by atoms with Crippen LogP contribution in [-0.2, 0) is 17.5 Å². The van der Waals surface area contributed by atoms with E-state index in [0.29, 0.717) is 36.3 Å². The lowest BCUT2D eigenvalue weighted by Crippen LogP contribution is -2.50. The van der Waals surface area contributed by atoms with Gasteiger partial charge in [-0.25, -0.2) is 4.39 Å². The summed E-state index contributed by atoms with van der Waals surface area (Å²) in [6, 6.07) is 3.12. The van der Waals surface area contributed by atoms with E-state index >= 15 is 0 Å². The molecular formula is C22H31F4N3O. The number of nitrogens with zero attached hydrogens (tertiary/aromatic N) is 2. The molecule has 2 N–H and O–H groups in total. The molecule has 0 radical (unpaired) electrons. The third-order valence-electron chi connectivity index (χ3n) is 6.68. The highest BCUT2D eigenvalue weighted by molar-refractivity contribution is 5.79. The lowest BCUT2D eigenvalue weighted by Gasteiger charge is -2.35. The van der Waals surface area contributed by atoms with Crippen LogP contribution >= 0.6 is 0 Å². The van der Waals surface area contributed by atoms with Crippen molar-refractivity contribution in [1.82, 2.24) is 9.80 Å². The van der Waals surface area contributed by atoms with Crippen molar-refractivity contribution in [1.29, 1.82) is 0 Å². The van der Waals surface area contributed by atoms with Gasteiger partial charge < -0.3 is 5.73 Å². The Hall–Kier alpha value is -1.67. The minimum absolute atomic E-state index is 0.251. The van der Waals surface area contributed by atoms with Crippen LogP contribution in [0.2, 0.25) is 0 Å². The van der Waals surface area contributed by atoms with Crippen molar-refractivity contribution < 1.29 is 22.4 Å². The van der Waals surface area contributed by atoms with Gasteiger partial charge in [0.2, 0.25) is 5.91 Å². The van der Waals surface area contributed by atoms with Gasteiger partial charge in [-0.1, -0.05) is 19.9 Å². The highest BCUT2D eigenvalue weighted by atomic mass is 19.4. The van der Waals surface area contributed by atoms with Crippen LogP contribution in [0.1, 0.15) is 44.2 Å². The van der Waals surface area contributed by atoms with E-state index in [0.717, 1.165) is 38.1 Å². The first kappa shape index (κ1) is 23.0. The van der Waals surface area contributed by atoms with Crippen molar-refractivity contribution in [2.24, 2.45) is 23.5 Å². The number of amides is 1. The predicted molar refractivity (Wildman–Crippen MR) is 107 cm³/mol. The molecule has 0 unspecified atom stereocenters. The summed E-state index contributed by atoms with van der Waals surface area (Å²) in [7, 11) is 1.97. The fourth-order valence-corrected chi connectivity index (χ4v) is 5.27. The number of hydrogen-bond acceptors (Lipinski definition) is 3. The Morgan fingerprint density at radius 1 is 1.27 bits per heavy atom. The summed E-state index contributed by atoms with van der Waals surface area (Å²) >= 11 is 0. The number of nitrogens with two attached hydrogens (primary N) is 1. The monoisotopic (exact) mass is 429 g/mol. The number of alkyl halides is 3. The van der Waals surface area contributed by atoms with Gasteiger partial charge in [0.05, 0.1) is 11.6 Å². The zero-order chi connectivity index (χ0) is 22.2. The number of likely N-dealkylation sites (N-methyl/N-ethyl adjacent to an activating group) is 1. The molecule has 1 aliphatic heterocycles. The molecule has 4 atom stereocenters. The molecule has 168 valence electrons. The second kappa shape index (κ2) is 8.83. The zero-order valence-electron chi connectivity index (χ0n) is 17.8. The van der Waals surface area contributed by atoms with Crippen LogP contribution in [0, 0.1) is 23.6 Å². The molecule has 1 saturated heterocycles. The van der Waals surface area contributed by atoms with Gasteiger partial charge in [-0.3, -0.25) is 14.6 Å². The Labute approximate surface area is 175 Å². The molecule has 8 heteroatoms. The zero-order valence-corrected chi connectivity index (χ0v) is 17.8. The average Bonchev–Trinajstić information content (AvgIpc) is 3.17. The number of rotatable bonds is 7. The summed E-state index contributed by atoms with van der Waals surface area (Å²) in [6.07, 6.45) is -1.91. The van der Waals surface area contributed by atoms with Crippen molar-refractivity contribution in [2.75, 3.05) is 20.1 Å². The average molecular weight is 430 g/mol. The van der Waals surface area contributed by atoms with Crippen LogP contribution in [0.25, 0.3) is 0 Å². The Kier molecular flexibility index (Phi) is 6.77. The molecule has 1 aromatic carbocycles. The lowest BCUT2D eigenvalue weighted by atomic mass is 9.94. The molecule has 3 rings (SSSR count). The van der Waals surface area contributed by atoms with Crippen LogP contribution in [0.15, 0.2) is 18.2 Å². The minimum atomic E-state index is -4.68. The van der Waals surface area contributed by atoms with Gasteiger partial charge in [0.1, 0.15) is 5.82 Å². The lowest BCUT2D eigenvalue weighted by molar-refractivity contribution is -0.140. The maximum Gasteiger partial charge on any atom is 0.419 e. The fourth-order valence-electron chi connectivity index (χ4n) is 5.27. The Morgan fingerprint density at radius 3 is 2.53 bits per heavy atom. The molecule has 1 aromatic rings. The van der Waals surface area contributed by atoms with E-state index in [2.05, 4.69) is 23.6 Å². The number of benzene rings is 1. The molecule has 1 amide bonds. The number of halogens is 4. The Morgan fingerprint density at radius 2 is 1.97 bits per heavy atom. The third kappa shape index (κ3) is 4.97. The summed E-state index contributed by atoms with van der Waals surface area (Å²) < 4.78 is 52.2. The topological polar surface area (TPSA) is 49.6 Å². The minimum Gasteiger partial charge on any atom is -0.368 e. The molecule has 0 aromatic heterocycles. The molecular weight excluding hydrogens is 398 g/mol. The highest BCUT2D eigenvalue weighted by Gasteiger charge is 2.45. The summed E-state index contributed by atoms with van der Waals surface area (Å²) in [6.45, 7) is 6.19. The van der Waals surface area contributed by atoms with E-state index in [1.807, 2.05) is 7.05 Å². The first-order valence-electron chi connectivity index (χ1n) is 10.6. The second-order valence-electron chi connectivity index (χ2n) is 9.29. The SMILES string of the molecule is CC(C)C[C@@H](C(N)=O)N(C)[C@@H]1CC[C@H]2CN(Cc3ccc(C(F)(F)F)c(F)c3)C[C@H]21. The van der Waals surface area contributed by atoms with Crippen molar-refractivity contribution in [3.05, 3.63) is 35.1 Å². The maximum absolute atomic E-state index is 13.9. The number of carbonyl (C=O) groups is 1. The number of primary amides is 1. The van der Waals surface area contributed by atoms with E-state index in [9.17, 15) is 22.4 Å². The van der Waals surface area contributed by atoms with Crippen molar-refractivity contribution in [3.8, 4) is 0 Å². The normalized spacial score (nSPS) is 25.8. The van der Waals surface area contributed by atoms with Gasteiger partial charge in [-0.2, -0.15) is 13.2 Å². The standard InChI is InChI=1S/C22H31F4N3O/c1-13(2)8-20(21(27)30)28(3)19-7-5-15-11-29(12-16(15)19)10-14-4-6-17(18(23)9-14)22(24,25)26/h4,6,9,13,15-16,19-20H,5,7-8,10-12H2,1-3H3,(H2,27,30)/t15-,16+,19+,20-/m0/s1. The molecule has 1 saturated carbocycles. The van der Waals surface area contributed by atoms with Crippen molar-refractivity contribution >= 4 is 5.91 Å². The van der Waals surface area contributed by atoms with E-state index in [1.165, 1.54) is 6.07 Å². The molecule has 0 spiro atoms. The third-order valence-corrected chi connectivity index (χ3v) is 6.68. The smallest absolute Gasteiger partial charge is 0.368 e. The van der Waals surface area contributed by atoms with E-state index in [1.54, 1.807) is 0 Å². The Bertz CT molecular complexity index is 767. The van der Waals surface area contributed by atoms with Gasteiger partial charge in [0, 0.05) is 25.7 Å². The number of carbonyl (C=O) groups excluding carboxylic acids is 1. The number of fused-ring (bicyclic) bond motifs is 1. The molecule has 30 heavy (non-hydrogen) atoms. The van der Waals surface area contributed by atoms with Crippen LogP contribution in [0.5, 0.6) is 0 Å². The quantitative estimate of drug-likeness (QED) is 0.669. The number of hydrogen-bond donors (Lipinski definition) is 1. The van der Waals surface area contributed by atoms with Crippen LogP contribution < -0.4 is 5.73 Å². The van der Waals surface area contributed by atoms with Crippen LogP contribution in [0.4, 0.5) is 17.6 Å². The van der Waals surface area contributed by atoms with Gasteiger partial charge in [-0.05, 0) is 61.8 Å². The van der Waals surface area contributed by atoms with Crippen LogP contribution in [0.3, 0.4) is 0 Å². The molecule has 2 aliphatic rings. The van der Waals surface area contributed by atoms with Gasteiger partial charge in [-0.15, -0.1) is 0 Å². The summed E-state index contributed by atoms with van der Waals surface area (Å²) in [5, 5.41) is 0. The summed E-state index contributed by atoms with van der Waals surface area (Å²) in [4.78, 5) is 16.3. The maximum atomic E-state index is 13.9. The van der Waals surface area contributed by atoms with Crippen LogP contribution in [-0.4, -0.2) is 47.9 Å². The molecule has 1 heterocycles. The summed E-state index contributed by atoms with van der Waals surface area (Å²) in [5.74, 6) is -0.316. The highest BCUT2D eigenvalue weighted by Crippen LogP contribution is 2.42. The first-order valence-corrected chi connectivity index (χ1v) is 10.6. The van der Waals surface area contributed by atoms with E-state index in [-0.39, 0.29) is 18.0 Å². The predicted octanol–water partition coefficient (Wildman–Crippen LogP) is 3.89. The molecule has 1 aliphatic carbocycles. The largest absolute Gasteiger partial charge is 0.419 e. The Balaban J connectivity index is 1.66. The van der Waals surface area contributed by atoms with Gasteiger partial charge in [0.15, 0.2) is 0 Å². The molecule has 2 fully saturated rings. The van der Waals surface area contributed by atoms with E-state index in [4.69, 9.17) is 5.73 Å². The number of likely N-dealkylation sites (tertiary alicyclic amines) is 1. The molecule has 4 nitrogen and oxygen atoms in total.